The van der Waals surface area contributed by atoms with Crippen molar-refractivity contribution in [2.45, 2.75) is 50.8 Å². The van der Waals surface area contributed by atoms with Gasteiger partial charge in [0.15, 0.2) is 0 Å². The summed E-state index contributed by atoms with van der Waals surface area (Å²) >= 11 is 0. The van der Waals surface area contributed by atoms with Crippen molar-refractivity contribution in [2.75, 3.05) is 13.7 Å². The zero-order valence-electron chi connectivity index (χ0n) is 17.4. The minimum Gasteiger partial charge on any atom is -0.468 e. The molecule has 0 N–H and O–H groups in total. The van der Waals surface area contributed by atoms with Crippen molar-refractivity contribution >= 4 is 29.3 Å². The molecular formula is C21H29BFNO4S. The van der Waals surface area contributed by atoms with E-state index in [1.165, 1.54) is 28.6 Å². The Kier molecular flexibility index (Phi) is 10.2. The first-order valence-electron chi connectivity index (χ1n) is 9.64. The van der Waals surface area contributed by atoms with Gasteiger partial charge >= 0.3 is 5.97 Å². The second-order valence-corrected chi connectivity index (χ2v) is 8.58. The molecule has 0 aliphatic heterocycles. The third-order valence-electron chi connectivity index (χ3n) is 4.61. The van der Waals surface area contributed by atoms with Crippen LogP contribution >= 0.6 is 0 Å². The topological polar surface area (TPSA) is 63.7 Å². The fourth-order valence-corrected chi connectivity index (χ4v) is 4.50. The quantitative estimate of drug-likeness (QED) is 0.294. The number of rotatable bonds is 12. The van der Waals surface area contributed by atoms with Crippen LogP contribution in [0.3, 0.4) is 0 Å². The Hall–Kier alpha value is -2.09. The number of benzene rings is 1. The van der Waals surface area contributed by atoms with Crippen LogP contribution in [0.2, 0.25) is 0 Å². The number of unbranched alkanes of at least 4 members (excludes halogenated alkanes) is 3. The molecule has 29 heavy (non-hydrogen) atoms. The van der Waals surface area contributed by atoms with Crippen LogP contribution in [-0.2, 0) is 19.6 Å². The summed E-state index contributed by atoms with van der Waals surface area (Å²) in [5.41, 5.74) is 0.761. The number of methoxy groups -OCH3 is 1. The Labute approximate surface area is 175 Å². The lowest BCUT2D eigenvalue weighted by Crippen LogP contribution is -2.33. The van der Waals surface area contributed by atoms with Crippen molar-refractivity contribution in [3.05, 3.63) is 48.4 Å². The molecule has 0 amide bonds. The molecule has 1 atom stereocenters. The first-order valence-corrected chi connectivity index (χ1v) is 11.1. The Morgan fingerprint density at radius 1 is 1.28 bits per heavy atom. The smallest absolute Gasteiger partial charge is 0.315 e. The highest BCUT2D eigenvalue weighted by Gasteiger charge is 2.31. The molecule has 0 spiro atoms. The molecular weight excluding hydrogens is 392 g/mol. The molecule has 5 nitrogen and oxygen atoms in total. The van der Waals surface area contributed by atoms with E-state index in [0.29, 0.717) is 17.6 Å². The number of ether oxygens (including phenoxy) is 1. The van der Waals surface area contributed by atoms with E-state index in [-0.39, 0.29) is 17.9 Å². The second kappa shape index (κ2) is 11.8. The average Bonchev–Trinajstić information content (AvgIpc) is 2.69. The maximum atomic E-state index is 13.9. The van der Waals surface area contributed by atoms with Gasteiger partial charge in [0.25, 0.3) is 10.0 Å². The molecule has 2 radical (unpaired) electrons. The van der Waals surface area contributed by atoms with E-state index in [1.54, 1.807) is 13.0 Å². The summed E-state index contributed by atoms with van der Waals surface area (Å²) in [7, 11) is 2.91. The van der Waals surface area contributed by atoms with Crippen LogP contribution in [0.5, 0.6) is 0 Å². The molecule has 0 bridgehead atoms. The van der Waals surface area contributed by atoms with Crippen LogP contribution in [0.4, 0.5) is 4.39 Å². The van der Waals surface area contributed by atoms with Crippen LogP contribution < -0.4 is 5.46 Å². The summed E-state index contributed by atoms with van der Waals surface area (Å²) in [4.78, 5) is 12.0. The van der Waals surface area contributed by atoms with Crippen LogP contribution in [0.1, 0.15) is 46.0 Å². The molecule has 0 fully saturated rings. The number of carbonyl (C=O) groups is 1. The number of sulfonamides is 1. The maximum absolute atomic E-state index is 13.9. The molecule has 1 unspecified atom stereocenters. The summed E-state index contributed by atoms with van der Waals surface area (Å²) < 4.78 is 46.4. The van der Waals surface area contributed by atoms with Crippen molar-refractivity contribution in [3.8, 4) is 0 Å². The lowest BCUT2D eigenvalue weighted by atomic mass is 9.97. The van der Waals surface area contributed by atoms with Gasteiger partial charge in [-0.2, -0.15) is 0 Å². The predicted molar refractivity (Wildman–Crippen MR) is 114 cm³/mol. The number of nitrogens with zero attached hydrogens (tertiary/aromatic N) is 1. The number of esters is 1. The monoisotopic (exact) mass is 421 g/mol. The standard InChI is InChI=1S/C21H29BFNO4S/c1-5-7-8-9-14-24(29(26,27)19-12-10-17(22)11-13-19)18(6-2)15-20(16(3)23)21(25)28-4/h6,10-13,20H,3,5,7-9,14-15H2,1-2,4H3/b18-6+. The van der Waals surface area contributed by atoms with E-state index in [4.69, 9.17) is 7.85 Å². The minimum atomic E-state index is -3.91. The van der Waals surface area contributed by atoms with Crippen LogP contribution in [-0.4, -0.2) is 40.2 Å². The van der Waals surface area contributed by atoms with E-state index >= 15 is 0 Å². The van der Waals surface area contributed by atoms with Crippen molar-refractivity contribution in [1.29, 1.82) is 0 Å². The molecule has 0 heterocycles. The van der Waals surface area contributed by atoms with Gasteiger partial charge in [-0.25, -0.2) is 12.8 Å². The molecule has 0 saturated heterocycles. The van der Waals surface area contributed by atoms with E-state index in [1.807, 2.05) is 0 Å². The highest BCUT2D eigenvalue weighted by molar-refractivity contribution is 7.89. The minimum absolute atomic E-state index is 0.0789. The van der Waals surface area contributed by atoms with Gasteiger partial charge in [-0.3, -0.25) is 9.10 Å². The average molecular weight is 421 g/mol. The summed E-state index contributed by atoms with van der Waals surface area (Å²) in [5, 5.41) is 0. The second-order valence-electron chi connectivity index (χ2n) is 6.71. The number of hydrogen-bond donors (Lipinski definition) is 0. The lowest BCUT2D eigenvalue weighted by Gasteiger charge is -2.28. The SMILES string of the molecule is [B]c1ccc(S(=O)(=O)N(CCCCCC)/C(=C/C)CC(C(=C)F)C(=O)OC)cc1. The first kappa shape index (κ1) is 25.0. The number of carbonyl (C=O) groups excluding carboxylic acids is 1. The zero-order valence-corrected chi connectivity index (χ0v) is 18.2. The first-order chi connectivity index (χ1) is 13.7. The van der Waals surface area contributed by atoms with E-state index in [0.717, 1.165) is 26.4 Å². The van der Waals surface area contributed by atoms with Gasteiger partial charge in [0.2, 0.25) is 0 Å². The van der Waals surface area contributed by atoms with Crippen LogP contribution in [0.25, 0.3) is 0 Å². The molecule has 0 saturated carbocycles. The molecule has 1 aromatic carbocycles. The molecule has 0 aliphatic carbocycles. The Bertz CT molecular complexity index is 822. The number of halogens is 1. The van der Waals surface area contributed by atoms with Crippen LogP contribution in [0, 0.1) is 5.92 Å². The van der Waals surface area contributed by atoms with Crippen molar-refractivity contribution in [3.63, 3.8) is 0 Å². The summed E-state index contributed by atoms with van der Waals surface area (Å²) in [6.07, 6.45) is 4.89. The van der Waals surface area contributed by atoms with Gasteiger partial charge in [0.1, 0.15) is 19.6 Å². The lowest BCUT2D eigenvalue weighted by molar-refractivity contribution is -0.144. The molecule has 0 aromatic heterocycles. The van der Waals surface area contributed by atoms with Crippen LogP contribution in [0.15, 0.2) is 53.3 Å². The van der Waals surface area contributed by atoms with Crippen molar-refractivity contribution in [1.82, 2.24) is 4.31 Å². The third kappa shape index (κ3) is 7.03. The summed E-state index contributed by atoms with van der Waals surface area (Å²) in [5.74, 6) is -2.94. The number of hydrogen-bond acceptors (Lipinski definition) is 4. The molecule has 1 aromatic rings. The fraction of sp³-hybridized carbons (Fsp3) is 0.476. The van der Waals surface area contributed by atoms with E-state index < -0.39 is 27.7 Å². The maximum Gasteiger partial charge on any atom is 0.315 e. The highest BCUT2D eigenvalue weighted by atomic mass is 32.2. The van der Waals surface area contributed by atoms with Gasteiger partial charge in [0.05, 0.1) is 12.0 Å². The summed E-state index contributed by atoms with van der Waals surface area (Å²) in [6.45, 7) is 7.15. The molecule has 158 valence electrons. The Morgan fingerprint density at radius 3 is 2.38 bits per heavy atom. The van der Waals surface area contributed by atoms with Gasteiger partial charge in [-0.15, -0.1) is 0 Å². The fourth-order valence-electron chi connectivity index (χ4n) is 2.90. The highest BCUT2D eigenvalue weighted by Crippen LogP contribution is 2.28. The van der Waals surface area contributed by atoms with Crippen molar-refractivity contribution < 1.29 is 22.3 Å². The van der Waals surface area contributed by atoms with E-state index in [2.05, 4.69) is 18.2 Å². The van der Waals surface area contributed by atoms with Gasteiger partial charge in [-0.05, 0) is 25.5 Å². The molecule has 0 aliphatic rings. The third-order valence-corrected chi connectivity index (χ3v) is 6.48. The Balaban J connectivity index is 3.28. The number of allylic oxidation sites excluding steroid dienone is 2. The molecule has 8 heteroatoms. The van der Waals surface area contributed by atoms with E-state index in [9.17, 15) is 17.6 Å². The van der Waals surface area contributed by atoms with Gasteiger partial charge in [-0.1, -0.05) is 56.4 Å². The Morgan fingerprint density at radius 2 is 1.90 bits per heavy atom. The molecule has 1 rings (SSSR count). The largest absolute Gasteiger partial charge is 0.468 e. The van der Waals surface area contributed by atoms with Crippen molar-refractivity contribution in [2.24, 2.45) is 5.92 Å². The summed E-state index contributed by atoms with van der Waals surface area (Å²) in [6, 6.07) is 5.89. The van der Waals surface area contributed by atoms with Gasteiger partial charge in [0, 0.05) is 18.7 Å². The normalized spacial score (nSPS) is 13.0. The zero-order chi connectivity index (χ0) is 22.0. The predicted octanol–water partition coefficient (Wildman–Crippen LogP) is 3.62. The van der Waals surface area contributed by atoms with Gasteiger partial charge < -0.3 is 4.74 Å².